The fourth-order valence-electron chi connectivity index (χ4n) is 3.85. The van der Waals surface area contributed by atoms with E-state index in [0.717, 1.165) is 23.0 Å². The van der Waals surface area contributed by atoms with Crippen molar-refractivity contribution in [3.8, 4) is 0 Å². The van der Waals surface area contributed by atoms with Gasteiger partial charge < -0.3 is 15.5 Å². The highest BCUT2D eigenvalue weighted by Gasteiger charge is 2.27. The Kier molecular flexibility index (Phi) is 8.99. The van der Waals surface area contributed by atoms with Gasteiger partial charge in [-0.25, -0.2) is 0 Å². The second kappa shape index (κ2) is 10.7. The molecule has 140 valence electrons. The molecule has 2 N–H and O–H groups in total. The van der Waals surface area contributed by atoms with Crippen LogP contribution in [0.3, 0.4) is 0 Å². The predicted molar refractivity (Wildman–Crippen MR) is 120 cm³/mol. The zero-order chi connectivity index (χ0) is 16.8. The summed E-state index contributed by atoms with van der Waals surface area (Å²) in [5, 5.41) is 7.03. The Hall–Kier alpha value is -0.340. The van der Waals surface area contributed by atoms with Gasteiger partial charge in [0.25, 0.3) is 0 Å². The SMILES string of the molecule is CN=C(NCc1ccc(Br)cc1)NC1CCN(C2CCCC2)CC1.I. The number of nitrogens with zero attached hydrogens (tertiary/aromatic N) is 2. The van der Waals surface area contributed by atoms with Crippen LogP contribution in [0, 0.1) is 0 Å². The minimum atomic E-state index is 0. The number of hydrogen-bond donors (Lipinski definition) is 2. The third-order valence-electron chi connectivity index (χ3n) is 5.31. The first kappa shape index (κ1) is 21.0. The van der Waals surface area contributed by atoms with E-state index in [1.165, 1.54) is 57.2 Å². The van der Waals surface area contributed by atoms with Crippen molar-refractivity contribution in [2.45, 2.75) is 57.2 Å². The molecule has 1 saturated heterocycles. The Bertz CT molecular complexity index is 535. The molecule has 6 heteroatoms. The molecule has 1 aromatic carbocycles. The van der Waals surface area contributed by atoms with Gasteiger partial charge in [0.05, 0.1) is 0 Å². The zero-order valence-electron chi connectivity index (χ0n) is 15.0. The Labute approximate surface area is 177 Å². The largest absolute Gasteiger partial charge is 0.354 e. The van der Waals surface area contributed by atoms with E-state index in [1.807, 2.05) is 7.05 Å². The Morgan fingerprint density at radius 1 is 1.12 bits per heavy atom. The molecule has 2 aliphatic rings. The van der Waals surface area contributed by atoms with E-state index < -0.39 is 0 Å². The van der Waals surface area contributed by atoms with Crippen molar-refractivity contribution in [3.63, 3.8) is 0 Å². The van der Waals surface area contributed by atoms with E-state index in [-0.39, 0.29) is 24.0 Å². The van der Waals surface area contributed by atoms with Crippen molar-refractivity contribution < 1.29 is 0 Å². The molecule has 0 atom stereocenters. The molecule has 1 heterocycles. The second-order valence-electron chi connectivity index (χ2n) is 6.95. The molecule has 0 spiro atoms. The van der Waals surface area contributed by atoms with E-state index in [0.29, 0.717) is 6.04 Å². The van der Waals surface area contributed by atoms with Gasteiger partial charge in [-0.15, -0.1) is 24.0 Å². The summed E-state index contributed by atoms with van der Waals surface area (Å²) in [6.45, 7) is 3.26. The summed E-state index contributed by atoms with van der Waals surface area (Å²) in [5.74, 6) is 0.914. The number of aliphatic imine (C=N–C) groups is 1. The van der Waals surface area contributed by atoms with Crippen molar-refractivity contribution in [3.05, 3.63) is 34.3 Å². The van der Waals surface area contributed by atoms with Gasteiger partial charge in [-0.3, -0.25) is 4.99 Å². The van der Waals surface area contributed by atoms with E-state index in [1.54, 1.807) is 0 Å². The van der Waals surface area contributed by atoms with Crippen molar-refractivity contribution in [2.75, 3.05) is 20.1 Å². The number of guanidine groups is 1. The molecule has 0 unspecified atom stereocenters. The first-order valence-corrected chi connectivity index (χ1v) is 9.99. The minimum Gasteiger partial charge on any atom is -0.354 e. The Balaban J connectivity index is 0.00000225. The van der Waals surface area contributed by atoms with Gasteiger partial charge in [0.2, 0.25) is 0 Å². The van der Waals surface area contributed by atoms with E-state index in [9.17, 15) is 0 Å². The molecule has 3 rings (SSSR count). The van der Waals surface area contributed by atoms with Crippen molar-refractivity contribution in [2.24, 2.45) is 4.99 Å². The van der Waals surface area contributed by atoms with Crippen LogP contribution in [0.15, 0.2) is 33.7 Å². The standard InChI is InChI=1S/C19H29BrN4.HI/c1-21-19(22-14-15-6-8-16(20)9-7-15)23-17-10-12-24(13-11-17)18-4-2-3-5-18;/h6-9,17-18H,2-5,10-14H2,1H3,(H2,21,22,23);1H. The summed E-state index contributed by atoms with van der Waals surface area (Å²) in [6.07, 6.45) is 8.11. The molecule has 25 heavy (non-hydrogen) atoms. The van der Waals surface area contributed by atoms with Crippen LogP contribution in [0.25, 0.3) is 0 Å². The molecular weight excluding hydrogens is 491 g/mol. The third-order valence-corrected chi connectivity index (χ3v) is 5.84. The third kappa shape index (κ3) is 6.40. The normalized spacial score (nSPS) is 20.3. The highest BCUT2D eigenvalue weighted by atomic mass is 127. The lowest BCUT2D eigenvalue weighted by Crippen LogP contribution is -2.50. The summed E-state index contributed by atoms with van der Waals surface area (Å²) < 4.78 is 1.11. The van der Waals surface area contributed by atoms with Crippen LogP contribution in [0.4, 0.5) is 0 Å². The molecule has 2 fully saturated rings. The lowest BCUT2D eigenvalue weighted by Gasteiger charge is -2.36. The Morgan fingerprint density at radius 2 is 1.76 bits per heavy atom. The van der Waals surface area contributed by atoms with Gasteiger partial charge in [0.1, 0.15) is 0 Å². The van der Waals surface area contributed by atoms with Crippen molar-refractivity contribution in [1.29, 1.82) is 0 Å². The van der Waals surface area contributed by atoms with E-state index in [2.05, 4.69) is 60.7 Å². The quantitative estimate of drug-likeness (QED) is 0.356. The number of hydrogen-bond acceptors (Lipinski definition) is 2. The molecule has 0 radical (unpaired) electrons. The Morgan fingerprint density at radius 3 is 2.36 bits per heavy atom. The van der Waals surface area contributed by atoms with Gasteiger partial charge in [0, 0.05) is 43.2 Å². The summed E-state index contributed by atoms with van der Waals surface area (Å²) in [4.78, 5) is 7.09. The van der Waals surface area contributed by atoms with Crippen LogP contribution in [0.1, 0.15) is 44.1 Å². The summed E-state index contributed by atoms with van der Waals surface area (Å²) in [5.41, 5.74) is 1.26. The molecule has 1 aromatic rings. The first-order valence-electron chi connectivity index (χ1n) is 9.20. The maximum atomic E-state index is 4.38. The molecule has 1 saturated carbocycles. The monoisotopic (exact) mass is 520 g/mol. The molecule has 1 aliphatic heterocycles. The van der Waals surface area contributed by atoms with E-state index >= 15 is 0 Å². The van der Waals surface area contributed by atoms with Crippen molar-refractivity contribution in [1.82, 2.24) is 15.5 Å². The van der Waals surface area contributed by atoms with Crippen LogP contribution in [-0.2, 0) is 6.54 Å². The molecule has 0 bridgehead atoms. The minimum absolute atomic E-state index is 0. The lowest BCUT2D eigenvalue weighted by molar-refractivity contribution is 0.150. The van der Waals surface area contributed by atoms with Gasteiger partial charge in [-0.2, -0.15) is 0 Å². The highest BCUT2D eigenvalue weighted by Crippen LogP contribution is 2.26. The predicted octanol–water partition coefficient (Wildman–Crippen LogP) is 4.14. The topological polar surface area (TPSA) is 39.7 Å². The number of piperidine rings is 1. The van der Waals surface area contributed by atoms with Crippen LogP contribution < -0.4 is 10.6 Å². The molecule has 1 aliphatic carbocycles. The van der Waals surface area contributed by atoms with Gasteiger partial charge in [-0.1, -0.05) is 40.9 Å². The molecule has 0 amide bonds. The second-order valence-corrected chi connectivity index (χ2v) is 7.86. The number of rotatable bonds is 4. The number of halogens is 2. The van der Waals surface area contributed by atoms with E-state index in [4.69, 9.17) is 0 Å². The average Bonchev–Trinajstić information content (AvgIpc) is 3.15. The number of likely N-dealkylation sites (tertiary alicyclic amines) is 1. The highest BCUT2D eigenvalue weighted by molar-refractivity contribution is 14.0. The summed E-state index contributed by atoms with van der Waals surface area (Å²) in [7, 11) is 1.85. The molecular formula is C19H30BrIN4. The van der Waals surface area contributed by atoms with Crippen LogP contribution >= 0.6 is 39.9 Å². The van der Waals surface area contributed by atoms with Gasteiger partial charge in [0.15, 0.2) is 5.96 Å². The maximum absolute atomic E-state index is 4.38. The fraction of sp³-hybridized carbons (Fsp3) is 0.632. The van der Waals surface area contributed by atoms with Crippen LogP contribution in [0.2, 0.25) is 0 Å². The first-order chi connectivity index (χ1) is 11.7. The summed E-state index contributed by atoms with van der Waals surface area (Å²) in [6, 6.07) is 9.81. The lowest BCUT2D eigenvalue weighted by atomic mass is 10.0. The van der Waals surface area contributed by atoms with Crippen LogP contribution in [-0.4, -0.2) is 43.1 Å². The molecule has 0 aromatic heterocycles. The van der Waals surface area contributed by atoms with Gasteiger partial charge in [-0.05, 0) is 43.4 Å². The van der Waals surface area contributed by atoms with Gasteiger partial charge >= 0.3 is 0 Å². The fourth-order valence-corrected chi connectivity index (χ4v) is 4.12. The zero-order valence-corrected chi connectivity index (χ0v) is 18.9. The number of nitrogens with one attached hydrogen (secondary N) is 2. The smallest absolute Gasteiger partial charge is 0.191 e. The molecule has 4 nitrogen and oxygen atoms in total. The number of benzene rings is 1. The van der Waals surface area contributed by atoms with Crippen LogP contribution in [0.5, 0.6) is 0 Å². The summed E-state index contributed by atoms with van der Waals surface area (Å²) >= 11 is 3.47. The maximum Gasteiger partial charge on any atom is 0.191 e. The average molecular weight is 521 g/mol. The van der Waals surface area contributed by atoms with Crippen molar-refractivity contribution >= 4 is 45.9 Å².